The van der Waals surface area contributed by atoms with Gasteiger partial charge in [0.1, 0.15) is 5.25 Å². The molecule has 8 heteroatoms. The second-order valence-electron chi connectivity index (χ2n) is 5.88. The van der Waals surface area contributed by atoms with Gasteiger partial charge in [-0.2, -0.15) is 0 Å². The Morgan fingerprint density at radius 3 is 2.58 bits per heavy atom. The lowest BCUT2D eigenvalue weighted by Gasteiger charge is -2.34. The van der Waals surface area contributed by atoms with E-state index in [0.717, 1.165) is 11.8 Å². The topological polar surface area (TPSA) is 101 Å². The van der Waals surface area contributed by atoms with Crippen molar-refractivity contribution in [3.8, 4) is 0 Å². The van der Waals surface area contributed by atoms with Crippen LogP contribution in [0, 0.1) is 0 Å². The molecule has 132 valence electrons. The van der Waals surface area contributed by atoms with E-state index in [-0.39, 0.29) is 32.5 Å². The highest BCUT2D eigenvalue weighted by molar-refractivity contribution is 7.92. The summed E-state index contributed by atoms with van der Waals surface area (Å²) < 4.78 is 29.5. The number of morpholine rings is 1. The van der Waals surface area contributed by atoms with Gasteiger partial charge in [-0.05, 0) is 12.0 Å². The Kier molecular flexibility index (Phi) is 5.95. The summed E-state index contributed by atoms with van der Waals surface area (Å²) in [5, 5.41) is 7.67. The van der Waals surface area contributed by atoms with E-state index in [9.17, 15) is 18.0 Å². The number of hydrogen-bond acceptors (Lipinski definition) is 5. The molecule has 2 atom stereocenters. The zero-order valence-corrected chi connectivity index (χ0v) is 14.2. The standard InChI is InChI=1S/C16H21NO6S/c1-24(21,22)14(9-12-5-3-2-4-6-12)16(20)17-7-8-23-13(11-17)10-15(18)19/h2-6,13-14H,7-11H2,1H3,(H,18,19)/t13-,14-/m0/s1. The van der Waals surface area contributed by atoms with Crippen LogP contribution in [0.5, 0.6) is 0 Å². The van der Waals surface area contributed by atoms with Crippen LogP contribution in [-0.2, 0) is 30.6 Å². The molecule has 1 amide bonds. The Labute approximate surface area is 141 Å². The summed E-state index contributed by atoms with van der Waals surface area (Å²) in [6, 6.07) is 8.95. The van der Waals surface area contributed by atoms with Crippen molar-refractivity contribution in [2.75, 3.05) is 26.0 Å². The molecule has 1 heterocycles. The van der Waals surface area contributed by atoms with E-state index >= 15 is 0 Å². The second kappa shape index (κ2) is 7.76. The Bertz CT molecular complexity index is 688. The molecule has 1 fully saturated rings. The summed E-state index contributed by atoms with van der Waals surface area (Å²) in [7, 11) is -3.60. The quantitative estimate of drug-likeness (QED) is 0.790. The number of nitrogens with zero attached hydrogens (tertiary/aromatic N) is 1. The van der Waals surface area contributed by atoms with Crippen molar-refractivity contribution in [1.29, 1.82) is 0 Å². The van der Waals surface area contributed by atoms with Crippen LogP contribution in [-0.4, -0.2) is 67.6 Å². The van der Waals surface area contributed by atoms with Gasteiger partial charge < -0.3 is 14.7 Å². The number of sulfone groups is 1. The lowest BCUT2D eigenvalue weighted by Crippen LogP contribution is -2.51. The number of carboxylic acids is 1. The number of rotatable bonds is 6. The molecule has 0 saturated carbocycles. The highest BCUT2D eigenvalue weighted by Gasteiger charge is 2.35. The highest BCUT2D eigenvalue weighted by atomic mass is 32.2. The Morgan fingerprint density at radius 1 is 1.33 bits per heavy atom. The first-order valence-corrected chi connectivity index (χ1v) is 9.58. The van der Waals surface area contributed by atoms with E-state index in [1.54, 1.807) is 24.3 Å². The van der Waals surface area contributed by atoms with E-state index < -0.39 is 33.1 Å². The average molecular weight is 355 g/mol. The largest absolute Gasteiger partial charge is 0.481 e. The first-order chi connectivity index (χ1) is 11.3. The average Bonchev–Trinajstić information content (AvgIpc) is 2.51. The van der Waals surface area contributed by atoms with Crippen LogP contribution in [0.25, 0.3) is 0 Å². The van der Waals surface area contributed by atoms with Crippen molar-refractivity contribution >= 4 is 21.7 Å². The molecule has 1 aliphatic heterocycles. The third kappa shape index (κ3) is 5.04. The van der Waals surface area contributed by atoms with Crippen molar-refractivity contribution in [3.63, 3.8) is 0 Å². The van der Waals surface area contributed by atoms with Gasteiger partial charge in [-0.15, -0.1) is 0 Å². The van der Waals surface area contributed by atoms with E-state index in [1.807, 2.05) is 6.07 Å². The molecule has 1 saturated heterocycles. The van der Waals surface area contributed by atoms with Gasteiger partial charge in [-0.3, -0.25) is 9.59 Å². The maximum Gasteiger partial charge on any atom is 0.306 e. The number of hydrogen-bond donors (Lipinski definition) is 1. The van der Waals surface area contributed by atoms with Gasteiger partial charge in [-0.25, -0.2) is 8.42 Å². The zero-order valence-electron chi connectivity index (χ0n) is 13.4. The minimum Gasteiger partial charge on any atom is -0.481 e. The molecule has 0 aromatic heterocycles. The summed E-state index contributed by atoms with van der Waals surface area (Å²) in [5.74, 6) is -1.52. The van der Waals surface area contributed by atoms with Crippen LogP contribution in [0.2, 0.25) is 0 Å². The normalized spacial score (nSPS) is 19.7. The Balaban J connectivity index is 2.14. The van der Waals surface area contributed by atoms with Gasteiger partial charge >= 0.3 is 5.97 Å². The van der Waals surface area contributed by atoms with Crippen molar-refractivity contribution in [1.82, 2.24) is 4.90 Å². The third-order valence-corrected chi connectivity index (χ3v) is 5.31. The molecule has 0 radical (unpaired) electrons. The van der Waals surface area contributed by atoms with Crippen LogP contribution in [0.15, 0.2) is 30.3 Å². The molecule has 1 aromatic rings. The SMILES string of the molecule is CS(=O)(=O)[C@@H](Cc1ccccc1)C(=O)N1CCO[C@@H](CC(=O)O)C1. The highest BCUT2D eigenvalue weighted by Crippen LogP contribution is 2.16. The van der Waals surface area contributed by atoms with Crippen molar-refractivity contribution in [2.45, 2.75) is 24.2 Å². The number of benzene rings is 1. The van der Waals surface area contributed by atoms with Gasteiger partial charge in [-0.1, -0.05) is 30.3 Å². The Hall–Kier alpha value is -1.93. The fraction of sp³-hybridized carbons (Fsp3) is 0.500. The van der Waals surface area contributed by atoms with Crippen LogP contribution < -0.4 is 0 Å². The molecule has 0 unspecified atom stereocenters. The van der Waals surface area contributed by atoms with E-state index in [2.05, 4.69) is 0 Å². The predicted molar refractivity (Wildman–Crippen MR) is 87.4 cm³/mol. The second-order valence-corrected chi connectivity index (χ2v) is 8.11. The molecule has 1 aliphatic rings. The number of carbonyl (C=O) groups is 2. The smallest absolute Gasteiger partial charge is 0.306 e. The lowest BCUT2D eigenvalue weighted by molar-refractivity contribution is -0.147. The van der Waals surface area contributed by atoms with Crippen molar-refractivity contribution in [3.05, 3.63) is 35.9 Å². The van der Waals surface area contributed by atoms with E-state index in [0.29, 0.717) is 0 Å². The van der Waals surface area contributed by atoms with Crippen LogP contribution in [0.1, 0.15) is 12.0 Å². The van der Waals surface area contributed by atoms with Crippen molar-refractivity contribution < 1.29 is 27.9 Å². The van der Waals surface area contributed by atoms with Crippen LogP contribution in [0.3, 0.4) is 0 Å². The monoisotopic (exact) mass is 355 g/mol. The minimum atomic E-state index is -3.60. The third-order valence-electron chi connectivity index (χ3n) is 3.91. The zero-order chi connectivity index (χ0) is 17.7. The molecule has 1 aromatic carbocycles. The minimum absolute atomic E-state index is 0.0892. The fourth-order valence-electron chi connectivity index (χ4n) is 2.69. The molecule has 24 heavy (non-hydrogen) atoms. The molecule has 1 N–H and O–H groups in total. The van der Waals surface area contributed by atoms with Crippen LogP contribution in [0.4, 0.5) is 0 Å². The molecular formula is C16H21NO6S. The molecule has 0 spiro atoms. The number of amides is 1. The van der Waals surface area contributed by atoms with Crippen LogP contribution >= 0.6 is 0 Å². The van der Waals surface area contributed by atoms with E-state index in [1.165, 1.54) is 4.90 Å². The van der Waals surface area contributed by atoms with E-state index in [4.69, 9.17) is 9.84 Å². The first kappa shape index (κ1) is 18.4. The summed E-state index contributed by atoms with van der Waals surface area (Å²) in [6.45, 7) is 0.549. The number of carboxylic acid groups (broad SMARTS) is 1. The van der Waals surface area contributed by atoms with Gasteiger partial charge in [0, 0.05) is 19.3 Å². The van der Waals surface area contributed by atoms with Gasteiger partial charge in [0.05, 0.1) is 19.1 Å². The summed E-state index contributed by atoms with van der Waals surface area (Å²) in [4.78, 5) is 24.9. The number of aliphatic carboxylic acids is 1. The molecular weight excluding hydrogens is 334 g/mol. The lowest BCUT2D eigenvalue weighted by atomic mass is 10.1. The predicted octanol–water partition coefficient (Wildman–Crippen LogP) is 0.344. The summed E-state index contributed by atoms with van der Waals surface area (Å²) >= 11 is 0. The molecule has 0 bridgehead atoms. The maximum absolute atomic E-state index is 12.7. The van der Waals surface area contributed by atoms with Gasteiger partial charge in [0.25, 0.3) is 0 Å². The maximum atomic E-state index is 12.7. The summed E-state index contributed by atoms with van der Waals surface area (Å²) in [5.41, 5.74) is 0.761. The number of ether oxygens (including phenoxy) is 1. The Morgan fingerprint density at radius 2 is 2.00 bits per heavy atom. The fourth-order valence-corrected chi connectivity index (χ4v) is 3.70. The van der Waals surface area contributed by atoms with Gasteiger partial charge in [0.15, 0.2) is 9.84 Å². The van der Waals surface area contributed by atoms with Gasteiger partial charge in [0.2, 0.25) is 5.91 Å². The molecule has 0 aliphatic carbocycles. The molecule has 2 rings (SSSR count). The molecule has 7 nitrogen and oxygen atoms in total. The number of carbonyl (C=O) groups excluding carboxylic acids is 1. The summed E-state index contributed by atoms with van der Waals surface area (Å²) in [6.07, 6.45) is 0.316. The first-order valence-electron chi connectivity index (χ1n) is 7.62. The van der Waals surface area contributed by atoms with Crippen molar-refractivity contribution in [2.24, 2.45) is 0 Å².